The number of hydrogen-bond donors (Lipinski definition) is 1. The molecule has 1 rings (SSSR count). The van der Waals surface area contributed by atoms with Crippen LogP contribution in [0.1, 0.15) is 31.3 Å². The third-order valence-electron chi connectivity index (χ3n) is 2.21. The van der Waals surface area contributed by atoms with Crippen LogP contribution in [0.2, 0.25) is 0 Å². The molecule has 0 aliphatic heterocycles. The second-order valence-electron chi connectivity index (χ2n) is 3.45. The molecule has 2 unspecified atom stereocenters. The van der Waals surface area contributed by atoms with Crippen molar-refractivity contribution in [1.29, 1.82) is 0 Å². The van der Waals surface area contributed by atoms with Crippen molar-refractivity contribution in [2.75, 3.05) is 12.0 Å². The van der Waals surface area contributed by atoms with Crippen LogP contribution in [0, 0.1) is 0 Å². The van der Waals surface area contributed by atoms with E-state index in [1.54, 1.807) is 11.3 Å². The SMILES string of the molecule is CCC(CSC)NC(C)c1ncc(Br)s1. The molecule has 5 heteroatoms. The highest BCUT2D eigenvalue weighted by Gasteiger charge is 2.13. The first-order chi connectivity index (χ1) is 7.17. The van der Waals surface area contributed by atoms with Gasteiger partial charge in [-0.15, -0.1) is 11.3 Å². The third kappa shape index (κ3) is 4.43. The smallest absolute Gasteiger partial charge is 0.110 e. The van der Waals surface area contributed by atoms with Gasteiger partial charge in [0.2, 0.25) is 0 Å². The molecule has 0 aliphatic rings. The average Bonchev–Trinajstić information content (AvgIpc) is 2.64. The highest BCUT2D eigenvalue weighted by molar-refractivity contribution is 9.11. The summed E-state index contributed by atoms with van der Waals surface area (Å²) in [6.07, 6.45) is 5.18. The Morgan fingerprint density at radius 1 is 1.67 bits per heavy atom. The van der Waals surface area contributed by atoms with Gasteiger partial charge in [-0.2, -0.15) is 11.8 Å². The summed E-state index contributed by atoms with van der Waals surface area (Å²) in [6, 6.07) is 0.927. The molecule has 0 amide bonds. The summed E-state index contributed by atoms with van der Waals surface area (Å²) in [6.45, 7) is 4.40. The van der Waals surface area contributed by atoms with Crippen LogP contribution in [-0.4, -0.2) is 23.0 Å². The molecular formula is C10H17BrN2S2. The third-order valence-corrected chi connectivity index (χ3v) is 4.61. The Morgan fingerprint density at radius 2 is 2.40 bits per heavy atom. The number of nitrogens with zero attached hydrogens (tertiary/aromatic N) is 1. The van der Waals surface area contributed by atoms with Crippen LogP contribution in [0.25, 0.3) is 0 Å². The van der Waals surface area contributed by atoms with E-state index in [2.05, 4.69) is 46.3 Å². The summed E-state index contributed by atoms with van der Waals surface area (Å²) in [5.74, 6) is 1.16. The number of hydrogen-bond acceptors (Lipinski definition) is 4. The quantitative estimate of drug-likeness (QED) is 0.867. The lowest BCUT2D eigenvalue weighted by molar-refractivity contribution is 0.473. The molecular weight excluding hydrogens is 292 g/mol. The Morgan fingerprint density at radius 3 is 2.87 bits per heavy atom. The van der Waals surface area contributed by atoms with Crippen molar-refractivity contribution < 1.29 is 0 Å². The van der Waals surface area contributed by atoms with Gasteiger partial charge < -0.3 is 5.32 Å². The molecule has 0 saturated heterocycles. The molecule has 0 radical (unpaired) electrons. The van der Waals surface area contributed by atoms with Crippen molar-refractivity contribution in [3.63, 3.8) is 0 Å². The first-order valence-corrected chi connectivity index (χ1v) is 8.03. The van der Waals surface area contributed by atoms with Gasteiger partial charge in [-0.25, -0.2) is 4.98 Å². The summed E-state index contributed by atoms with van der Waals surface area (Å²) in [5, 5.41) is 4.76. The molecule has 15 heavy (non-hydrogen) atoms. The van der Waals surface area contributed by atoms with E-state index in [-0.39, 0.29) is 0 Å². The number of thioether (sulfide) groups is 1. The van der Waals surface area contributed by atoms with E-state index >= 15 is 0 Å². The predicted octanol–water partition coefficient (Wildman–Crippen LogP) is 3.70. The molecule has 0 aromatic carbocycles. The second kappa shape index (κ2) is 6.89. The van der Waals surface area contributed by atoms with Gasteiger partial charge in [-0.05, 0) is 35.5 Å². The van der Waals surface area contributed by atoms with Gasteiger partial charge in [0, 0.05) is 11.8 Å². The summed E-state index contributed by atoms with van der Waals surface area (Å²) in [4.78, 5) is 4.37. The summed E-state index contributed by atoms with van der Waals surface area (Å²) in [7, 11) is 0. The fourth-order valence-electron chi connectivity index (χ4n) is 1.38. The largest absolute Gasteiger partial charge is 0.305 e. The van der Waals surface area contributed by atoms with Gasteiger partial charge in [0.05, 0.1) is 16.0 Å². The molecule has 86 valence electrons. The average molecular weight is 309 g/mol. The van der Waals surface area contributed by atoms with Crippen LogP contribution in [0.15, 0.2) is 9.98 Å². The Kier molecular flexibility index (Phi) is 6.19. The van der Waals surface area contributed by atoms with Crippen LogP contribution in [-0.2, 0) is 0 Å². The molecule has 0 fully saturated rings. The molecule has 1 N–H and O–H groups in total. The number of aromatic nitrogens is 1. The summed E-state index contributed by atoms with van der Waals surface area (Å²) in [5.41, 5.74) is 0. The van der Waals surface area contributed by atoms with Gasteiger partial charge in [0.1, 0.15) is 5.01 Å². The molecule has 0 bridgehead atoms. The maximum Gasteiger partial charge on any atom is 0.110 e. The van der Waals surface area contributed by atoms with E-state index in [1.165, 1.54) is 0 Å². The molecule has 0 spiro atoms. The Balaban J connectivity index is 2.50. The van der Waals surface area contributed by atoms with Crippen molar-refractivity contribution in [2.45, 2.75) is 32.4 Å². The van der Waals surface area contributed by atoms with Gasteiger partial charge in [0.25, 0.3) is 0 Å². The maximum atomic E-state index is 4.37. The van der Waals surface area contributed by atoms with Crippen molar-refractivity contribution in [1.82, 2.24) is 10.3 Å². The number of rotatable bonds is 6. The fourth-order valence-corrected chi connectivity index (χ4v) is 3.37. The highest BCUT2D eigenvalue weighted by atomic mass is 79.9. The van der Waals surface area contributed by atoms with Crippen molar-refractivity contribution in [2.24, 2.45) is 0 Å². The van der Waals surface area contributed by atoms with E-state index in [1.807, 2.05) is 18.0 Å². The number of thiazole rings is 1. The highest BCUT2D eigenvalue weighted by Crippen LogP contribution is 2.24. The predicted molar refractivity (Wildman–Crippen MR) is 73.8 cm³/mol. The van der Waals surface area contributed by atoms with Crippen LogP contribution < -0.4 is 5.32 Å². The van der Waals surface area contributed by atoms with E-state index in [4.69, 9.17) is 0 Å². The minimum Gasteiger partial charge on any atom is -0.305 e. The van der Waals surface area contributed by atoms with Crippen LogP contribution in [0.3, 0.4) is 0 Å². The summed E-state index contributed by atoms with van der Waals surface area (Å²) < 4.78 is 1.10. The molecule has 1 aromatic heterocycles. The Bertz CT molecular complexity index is 291. The standard InChI is InChI=1S/C10H17BrN2S2/c1-4-8(6-14-3)13-7(2)10-12-5-9(11)15-10/h5,7-8,13H,4,6H2,1-3H3. The lowest BCUT2D eigenvalue weighted by Crippen LogP contribution is -2.32. The molecule has 2 nitrogen and oxygen atoms in total. The zero-order chi connectivity index (χ0) is 11.3. The zero-order valence-electron chi connectivity index (χ0n) is 9.29. The normalized spacial score (nSPS) is 15.2. The number of halogens is 1. The number of nitrogens with one attached hydrogen (secondary N) is 1. The first-order valence-electron chi connectivity index (χ1n) is 5.03. The van der Waals surface area contributed by atoms with E-state index in [9.17, 15) is 0 Å². The van der Waals surface area contributed by atoms with Gasteiger partial charge in [0.15, 0.2) is 0 Å². The first kappa shape index (κ1) is 13.5. The van der Waals surface area contributed by atoms with Crippen molar-refractivity contribution in [3.8, 4) is 0 Å². The van der Waals surface area contributed by atoms with Gasteiger partial charge in [-0.1, -0.05) is 6.92 Å². The zero-order valence-corrected chi connectivity index (χ0v) is 12.5. The Labute approximate surface area is 108 Å². The summed E-state index contributed by atoms with van der Waals surface area (Å²) >= 11 is 7.03. The molecule has 2 atom stereocenters. The van der Waals surface area contributed by atoms with Crippen LogP contribution in [0.5, 0.6) is 0 Å². The van der Waals surface area contributed by atoms with E-state index in [0.29, 0.717) is 12.1 Å². The van der Waals surface area contributed by atoms with Crippen molar-refractivity contribution >= 4 is 39.0 Å². The second-order valence-corrected chi connectivity index (χ2v) is 6.80. The Hall–Kier alpha value is 0.420. The lowest BCUT2D eigenvalue weighted by atomic mass is 10.2. The topological polar surface area (TPSA) is 24.9 Å². The molecule has 0 saturated carbocycles. The van der Waals surface area contributed by atoms with Gasteiger partial charge in [-0.3, -0.25) is 0 Å². The van der Waals surface area contributed by atoms with Crippen LogP contribution >= 0.6 is 39.0 Å². The minimum absolute atomic E-state index is 0.346. The fraction of sp³-hybridized carbons (Fsp3) is 0.700. The van der Waals surface area contributed by atoms with E-state index in [0.717, 1.165) is 21.0 Å². The van der Waals surface area contributed by atoms with Gasteiger partial charge >= 0.3 is 0 Å². The van der Waals surface area contributed by atoms with E-state index < -0.39 is 0 Å². The minimum atomic E-state index is 0.346. The monoisotopic (exact) mass is 308 g/mol. The van der Waals surface area contributed by atoms with Crippen molar-refractivity contribution in [3.05, 3.63) is 15.0 Å². The molecule has 1 aromatic rings. The maximum absolute atomic E-state index is 4.37. The molecule has 1 heterocycles. The molecule has 0 aliphatic carbocycles. The lowest BCUT2D eigenvalue weighted by Gasteiger charge is -2.19. The van der Waals surface area contributed by atoms with Crippen LogP contribution in [0.4, 0.5) is 0 Å².